The Labute approximate surface area is 262 Å². The van der Waals surface area contributed by atoms with Crippen LogP contribution in [-0.4, -0.2) is 31.6 Å². The Bertz CT molecular complexity index is 376. The number of carbonyl (C=O) groups is 1. The third kappa shape index (κ3) is 59.6. The number of allylic oxidation sites excluding steroid dienone is 1. The van der Waals surface area contributed by atoms with Crippen molar-refractivity contribution in [1.29, 1.82) is 0 Å². The van der Waals surface area contributed by atoms with E-state index >= 15 is 0 Å². The van der Waals surface area contributed by atoms with Crippen LogP contribution >= 0.6 is 0 Å². The van der Waals surface area contributed by atoms with Gasteiger partial charge in [-0.1, -0.05) is 195 Å². The lowest BCUT2D eigenvalue weighted by atomic mass is 10.0. The first kappa shape index (κ1) is 50.0. The largest absolute Gasteiger partial charge is 0.392 e. The van der Waals surface area contributed by atoms with Gasteiger partial charge in [0, 0.05) is 0 Å². The molecule has 0 radical (unpaired) electrons. The molecule has 41 heavy (non-hydrogen) atoms. The van der Waals surface area contributed by atoms with E-state index in [1.165, 1.54) is 180 Å². The molecule has 3 heteroatoms. The average molecular weight is 586 g/mol. The minimum Gasteiger partial charge on any atom is -0.392 e. The second-order valence-corrected chi connectivity index (χ2v) is 11.3. The number of nitrogens with one attached hydrogen (secondary N) is 1. The topological polar surface area (TPSA) is 49.3 Å². The molecular weight excluding hydrogens is 502 g/mol. The van der Waals surface area contributed by atoms with E-state index in [1.54, 1.807) is 0 Å². The minimum atomic E-state index is 0. The monoisotopic (exact) mass is 586 g/mol. The van der Waals surface area contributed by atoms with Gasteiger partial charge in [-0.25, -0.2) is 0 Å². The van der Waals surface area contributed by atoms with E-state index in [9.17, 15) is 0 Å². The molecule has 2 N–H and O–H groups in total. The molecule has 3 nitrogen and oxygen atoms in total. The van der Waals surface area contributed by atoms with E-state index in [2.05, 4.69) is 32.2 Å². The summed E-state index contributed by atoms with van der Waals surface area (Å²) in [5.74, 6) is 0. The molecule has 0 aliphatic rings. The van der Waals surface area contributed by atoms with Gasteiger partial charge in [0.1, 0.15) is 6.79 Å². The summed E-state index contributed by atoms with van der Waals surface area (Å²) in [6.45, 7) is 11.5. The fraction of sp³-hybridized carbons (Fsp3) is 0.921. The molecule has 0 saturated heterocycles. The smallest absolute Gasteiger partial charge is 0.106 e. The van der Waals surface area contributed by atoms with Crippen LogP contribution in [0.5, 0.6) is 0 Å². The first-order valence-corrected chi connectivity index (χ1v) is 17.6. The number of carbonyl (C=O) groups excluding carboxylic acids is 1. The van der Waals surface area contributed by atoms with Crippen LogP contribution in [0.25, 0.3) is 0 Å². The van der Waals surface area contributed by atoms with Crippen molar-refractivity contribution in [2.75, 3.05) is 19.7 Å². The van der Waals surface area contributed by atoms with Crippen LogP contribution in [0.15, 0.2) is 12.2 Å². The van der Waals surface area contributed by atoms with Crippen LogP contribution in [0.4, 0.5) is 0 Å². The molecule has 0 heterocycles. The molecule has 0 spiro atoms. The summed E-state index contributed by atoms with van der Waals surface area (Å²) in [4.78, 5) is 8.00. The van der Waals surface area contributed by atoms with Gasteiger partial charge in [-0.05, 0) is 38.8 Å². The fourth-order valence-corrected chi connectivity index (χ4v) is 4.83. The van der Waals surface area contributed by atoms with E-state index in [0.29, 0.717) is 0 Å². The Morgan fingerprint density at radius 1 is 0.439 bits per heavy atom. The number of unbranched alkanes of at least 4 members (excludes halogenated alkanes) is 24. The van der Waals surface area contributed by atoms with Crippen LogP contribution < -0.4 is 5.32 Å². The highest BCUT2D eigenvalue weighted by molar-refractivity contribution is 5.11. The molecule has 0 aliphatic heterocycles. The summed E-state index contributed by atoms with van der Waals surface area (Å²) in [7, 11) is 0. The van der Waals surface area contributed by atoms with E-state index in [4.69, 9.17) is 9.90 Å². The summed E-state index contributed by atoms with van der Waals surface area (Å²) in [6.07, 6.45) is 42.0. The lowest BCUT2D eigenvalue weighted by molar-refractivity contribution is -0.0980. The number of aliphatic hydroxyl groups excluding tert-OH is 1. The Balaban J connectivity index is -0.000000261. The summed E-state index contributed by atoms with van der Waals surface area (Å²) in [5, 5.41) is 12.0. The summed E-state index contributed by atoms with van der Waals surface area (Å²) < 4.78 is 0. The molecule has 252 valence electrons. The van der Waals surface area contributed by atoms with Crippen molar-refractivity contribution in [1.82, 2.24) is 5.32 Å². The zero-order valence-corrected chi connectivity index (χ0v) is 27.4. The van der Waals surface area contributed by atoms with Crippen molar-refractivity contribution in [2.45, 2.75) is 209 Å². The molecule has 0 amide bonds. The van der Waals surface area contributed by atoms with E-state index in [0.717, 1.165) is 6.42 Å². The molecule has 0 bridgehead atoms. The van der Waals surface area contributed by atoms with Crippen LogP contribution in [0.3, 0.4) is 0 Å². The fourth-order valence-electron chi connectivity index (χ4n) is 4.83. The predicted molar refractivity (Wildman–Crippen MR) is 191 cm³/mol. The predicted octanol–water partition coefficient (Wildman–Crippen LogP) is 12.8. The van der Waals surface area contributed by atoms with Crippen molar-refractivity contribution in [3.05, 3.63) is 12.2 Å². The van der Waals surface area contributed by atoms with E-state index in [-0.39, 0.29) is 21.5 Å². The molecule has 0 aromatic carbocycles. The molecule has 0 rings (SSSR count). The second kappa shape index (κ2) is 55.3. The molecule has 0 atom stereocenters. The van der Waals surface area contributed by atoms with Gasteiger partial charge >= 0.3 is 0 Å². The Hall–Kier alpha value is -0.670. The summed E-state index contributed by atoms with van der Waals surface area (Å²) in [5.41, 5.74) is 0. The van der Waals surface area contributed by atoms with E-state index in [1.807, 2.05) is 12.9 Å². The second-order valence-electron chi connectivity index (χ2n) is 11.3. The van der Waals surface area contributed by atoms with Gasteiger partial charge in [-0.3, -0.25) is 0 Å². The van der Waals surface area contributed by atoms with Crippen LogP contribution in [-0.2, 0) is 4.79 Å². The third-order valence-electron chi connectivity index (χ3n) is 7.41. The molecule has 0 fully saturated rings. The van der Waals surface area contributed by atoms with Crippen LogP contribution in [0.1, 0.15) is 209 Å². The van der Waals surface area contributed by atoms with Crippen molar-refractivity contribution in [2.24, 2.45) is 0 Å². The Morgan fingerprint density at radius 3 is 1.00 bits per heavy atom. The summed E-state index contributed by atoms with van der Waals surface area (Å²) in [6, 6.07) is 0. The average Bonchev–Trinajstić information content (AvgIpc) is 2.97. The maximum Gasteiger partial charge on any atom is 0.106 e. The first-order chi connectivity index (χ1) is 19.3. The minimum absolute atomic E-state index is 0. The van der Waals surface area contributed by atoms with Gasteiger partial charge in [0.25, 0.3) is 0 Å². The first-order valence-electron chi connectivity index (χ1n) is 17.6. The maximum atomic E-state index is 8.38. The van der Waals surface area contributed by atoms with Gasteiger partial charge in [0.15, 0.2) is 0 Å². The lowest BCUT2D eigenvalue weighted by Gasteiger charge is -2.05. The van der Waals surface area contributed by atoms with Gasteiger partial charge < -0.3 is 15.2 Å². The SMILES string of the molecule is C.C.C=O.CCCCCC/C=C\CO.CCCCCCCCCCCCCCCCCCNCCCCCCCC. The standard InChI is InChI=1S/C26H55N.C9H18O.CH2O.2CH4/c1-3-5-7-9-11-12-13-14-15-16-17-18-19-20-22-24-26-27-25-23-21-10-8-6-4-2;1-2-3-4-5-6-7-8-9-10;1-2;;/h27H,3-26H2,1-2H3;7-8,10H,2-6,9H2,1H3;1H2;2*1H4/b;8-7-;;;. The molecule has 0 aromatic rings. The molecule has 0 unspecified atom stereocenters. The number of aliphatic hydroxyl groups is 1. The van der Waals surface area contributed by atoms with Crippen LogP contribution in [0, 0.1) is 0 Å². The Kier molecular flexibility index (Phi) is 67.4. The van der Waals surface area contributed by atoms with Gasteiger partial charge in [0.05, 0.1) is 6.61 Å². The lowest BCUT2D eigenvalue weighted by Crippen LogP contribution is -2.16. The molecule has 0 saturated carbocycles. The quantitative estimate of drug-likeness (QED) is 0.0651. The van der Waals surface area contributed by atoms with Gasteiger partial charge in [-0.2, -0.15) is 0 Å². The normalized spacial score (nSPS) is 10.2. The van der Waals surface area contributed by atoms with E-state index < -0.39 is 0 Å². The maximum absolute atomic E-state index is 8.38. The zero-order valence-electron chi connectivity index (χ0n) is 27.4. The highest BCUT2D eigenvalue weighted by atomic mass is 16.2. The highest BCUT2D eigenvalue weighted by Crippen LogP contribution is 2.13. The van der Waals surface area contributed by atoms with Crippen molar-refractivity contribution in [3.8, 4) is 0 Å². The number of hydrogen-bond acceptors (Lipinski definition) is 3. The zero-order chi connectivity index (χ0) is 29.3. The van der Waals surface area contributed by atoms with Crippen molar-refractivity contribution < 1.29 is 9.90 Å². The third-order valence-corrected chi connectivity index (χ3v) is 7.41. The number of hydrogen-bond donors (Lipinski definition) is 2. The Morgan fingerprint density at radius 2 is 0.707 bits per heavy atom. The highest BCUT2D eigenvalue weighted by Gasteiger charge is 1.95. The molecule has 0 aliphatic carbocycles. The van der Waals surface area contributed by atoms with Gasteiger partial charge in [0.2, 0.25) is 0 Å². The van der Waals surface area contributed by atoms with Crippen molar-refractivity contribution >= 4 is 6.79 Å². The number of rotatable bonds is 30. The van der Waals surface area contributed by atoms with Crippen molar-refractivity contribution in [3.63, 3.8) is 0 Å². The van der Waals surface area contributed by atoms with Gasteiger partial charge in [-0.15, -0.1) is 0 Å². The van der Waals surface area contributed by atoms with Crippen LogP contribution in [0.2, 0.25) is 0 Å². The molecular formula is C38H83NO2. The molecule has 0 aromatic heterocycles. The summed E-state index contributed by atoms with van der Waals surface area (Å²) >= 11 is 0.